The van der Waals surface area contributed by atoms with Crippen LogP contribution in [-0.4, -0.2) is 22.6 Å². The van der Waals surface area contributed by atoms with Crippen LogP contribution in [0, 0.1) is 11.8 Å². The van der Waals surface area contributed by atoms with Crippen molar-refractivity contribution >= 4 is 17.4 Å². The lowest BCUT2D eigenvalue weighted by Gasteiger charge is -2.47. The molecule has 0 amide bonds. The number of anilines is 1. The van der Waals surface area contributed by atoms with Gasteiger partial charge in [-0.15, -0.1) is 0 Å². The van der Waals surface area contributed by atoms with Crippen molar-refractivity contribution in [1.29, 1.82) is 0 Å². The summed E-state index contributed by atoms with van der Waals surface area (Å²) in [6, 6.07) is 9.96. The molecule has 138 valence electrons. The summed E-state index contributed by atoms with van der Waals surface area (Å²) in [5, 5.41) is 0.665. The molecule has 0 aliphatic carbocycles. The summed E-state index contributed by atoms with van der Waals surface area (Å²) in [7, 11) is 0. The molecule has 2 bridgehead atoms. The number of hydrogen-bond donors (Lipinski definition) is 0. The third kappa shape index (κ3) is 3.27. The fraction of sp³-hybridized carbons (Fsp3) is 0.524. The van der Waals surface area contributed by atoms with Crippen molar-refractivity contribution < 1.29 is 0 Å². The molecule has 4 heterocycles. The summed E-state index contributed by atoms with van der Waals surface area (Å²) < 4.78 is 2.11. The summed E-state index contributed by atoms with van der Waals surface area (Å²) in [4.78, 5) is 19.6. The maximum absolute atomic E-state index is 12.7. The van der Waals surface area contributed by atoms with E-state index in [-0.39, 0.29) is 11.6 Å². The average Bonchev–Trinajstić information content (AvgIpc) is 2.62. The van der Waals surface area contributed by atoms with Crippen LogP contribution in [0.25, 0.3) is 0 Å². The fourth-order valence-electron chi connectivity index (χ4n) is 4.66. The summed E-state index contributed by atoms with van der Waals surface area (Å²) in [6.07, 6.45) is 5.09. The summed E-state index contributed by atoms with van der Waals surface area (Å²) in [5.41, 5.74) is 1.35. The Morgan fingerprint density at radius 1 is 1.23 bits per heavy atom. The second-order valence-corrected chi connectivity index (χ2v) is 8.57. The summed E-state index contributed by atoms with van der Waals surface area (Å²) in [6.45, 7) is 6.37. The van der Waals surface area contributed by atoms with Crippen molar-refractivity contribution in [2.24, 2.45) is 11.8 Å². The minimum Gasteiger partial charge on any atom is -0.356 e. The largest absolute Gasteiger partial charge is 0.356 e. The van der Waals surface area contributed by atoms with Gasteiger partial charge in [0.2, 0.25) is 0 Å². The number of piperidine rings is 1. The van der Waals surface area contributed by atoms with Gasteiger partial charge >= 0.3 is 0 Å². The Balaban J connectivity index is 1.69. The molecule has 5 heteroatoms. The molecule has 0 unspecified atom stereocenters. The molecule has 2 aliphatic heterocycles. The number of rotatable bonds is 4. The number of nitrogens with zero attached hydrogens (tertiary/aromatic N) is 3. The van der Waals surface area contributed by atoms with Gasteiger partial charge in [0, 0.05) is 43.0 Å². The molecule has 2 aromatic heterocycles. The Labute approximate surface area is 159 Å². The van der Waals surface area contributed by atoms with Crippen molar-refractivity contribution in [2.75, 3.05) is 18.0 Å². The van der Waals surface area contributed by atoms with Gasteiger partial charge < -0.3 is 9.47 Å². The predicted octanol–water partition coefficient (Wildman–Crippen LogP) is 4.50. The summed E-state index contributed by atoms with van der Waals surface area (Å²) >= 11 is 6.01. The molecule has 2 aliphatic rings. The third-order valence-corrected chi connectivity index (χ3v) is 6.10. The van der Waals surface area contributed by atoms with Gasteiger partial charge in [0.15, 0.2) is 0 Å². The maximum Gasteiger partial charge on any atom is 0.250 e. The second-order valence-electron chi connectivity index (χ2n) is 8.13. The Bertz CT molecular complexity index is 830. The first-order valence-corrected chi connectivity index (χ1v) is 9.98. The van der Waals surface area contributed by atoms with E-state index in [2.05, 4.69) is 34.4 Å². The van der Waals surface area contributed by atoms with Crippen LogP contribution in [0.3, 0.4) is 0 Å². The highest BCUT2D eigenvalue weighted by Gasteiger charge is 2.40. The van der Waals surface area contributed by atoms with Crippen molar-refractivity contribution in [3.8, 4) is 0 Å². The molecule has 0 saturated carbocycles. The van der Waals surface area contributed by atoms with Crippen LogP contribution < -0.4 is 10.5 Å². The molecular formula is C21H26ClN3O. The average molecular weight is 372 g/mol. The Hall–Kier alpha value is -1.81. The molecule has 0 aromatic carbocycles. The maximum atomic E-state index is 12.7. The third-order valence-electron chi connectivity index (χ3n) is 5.87. The highest BCUT2D eigenvalue weighted by molar-refractivity contribution is 6.30. The van der Waals surface area contributed by atoms with E-state index >= 15 is 0 Å². The Morgan fingerprint density at radius 2 is 2.08 bits per heavy atom. The number of halogens is 1. The summed E-state index contributed by atoms with van der Waals surface area (Å²) in [5.74, 6) is 2.50. The molecule has 0 N–H and O–H groups in total. The van der Waals surface area contributed by atoms with E-state index in [9.17, 15) is 4.79 Å². The van der Waals surface area contributed by atoms with Crippen LogP contribution in [0.5, 0.6) is 0 Å². The van der Waals surface area contributed by atoms with E-state index < -0.39 is 0 Å². The number of pyridine rings is 2. The highest BCUT2D eigenvalue weighted by atomic mass is 35.5. The zero-order valence-electron chi connectivity index (χ0n) is 15.4. The fourth-order valence-corrected chi connectivity index (χ4v) is 4.77. The minimum absolute atomic E-state index is 0.157. The predicted molar refractivity (Wildman–Crippen MR) is 106 cm³/mol. The van der Waals surface area contributed by atoms with Gasteiger partial charge in [-0.05, 0) is 49.3 Å². The molecule has 4 nitrogen and oxygen atoms in total. The molecule has 2 aromatic rings. The lowest BCUT2D eigenvalue weighted by atomic mass is 9.76. The van der Waals surface area contributed by atoms with E-state index in [4.69, 9.17) is 11.6 Å². The molecule has 4 rings (SSSR count). The smallest absolute Gasteiger partial charge is 0.250 e. The van der Waals surface area contributed by atoms with Crippen LogP contribution in [0.2, 0.25) is 5.02 Å². The topological polar surface area (TPSA) is 38.1 Å². The van der Waals surface area contributed by atoms with Crippen LogP contribution in [-0.2, 0) is 0 Å². The minimum atomic E-state index is 0.157. The normalized spacial score (nSPS) is 24.6. The van der Waals surface area contributed by atoms with Gasteiger partial charge in [-0.3, -0.25) is 4.79 Å². The van der Waals surface area contributed by atoms with Crippen molar-refractivity contribution in [3.63, 3.8) is 0 Å². The van der Waals surface area contributed by atoms with Gasteiger partial charge in [0.25, 0.3) is 5.56 Å². The van der Waals surface area contributed by atoms with E-state index in [1.165, 1.54) is 5.69 Å². The van der Waals surface area contributed by atoms with E-state index in [0.29, 0.717) is 22.8 Å². The zero-order valence-corrected chi connectivity index (χ0v) is 16.2. The van der Waals surface area contributed by atoms with E-state index in [0.717, 1.165) is 38.2 Å². The lowest BCUT2D eigenvalue weighted by molar-refractivity contribution is 0.195. The standard InChI is InChI=1S/C21H26ClN3O/c1-14(2)6-8-19-16-10-15(18-4-3-5-21(26)25(18)19)12-24(13-16)20-9-7-17(22)11-23-20/h3-5,7,9,11,14-16,19H,6,8,10,12-13H2,1-2H3/t15-,16+,19+/m1/s1. The van der Waals surface area contributed by atoms with Crippen molar-refractivity contribution in [1.82, 2.24) is 9.55 Å². The van der Waals surface area contributed by atoms with Crippen LogP contribution in [0.4, 0.5) is 5.82 Å². The van der Waals surface area contributed by atoms with Gasteiger partial charge in [-0.1, -0.05) is 31.5 Å². The van der Waals surface area contributed by atoms with Crippen LogP contribution in [0.15, 0.2) is 41.3 Å². The monoisotopic (exact) mass is 371 g/mol. The van der Waals surface area contributed by atoms with Crippen LogP contribution >= 0.6 is 11.6 Å². The molecule has 0 spiro atoms. The number of aromatic nitrogens is 2. The molecule has 1 saturated heterocycles. The molecular weight excluding hydrogens is 346 g/mol. The quantitative estimate of drug-likeness (QED) is 0.794. The van der Waals surface area contributed by atoms with Gasteiger partial charge in [0.05, 0.1) is 5.02 Å². The molecule has 1 fully saturated rings. The van der Waals surface area contributed by atoms with E-state index in [1.807, 2.05) is 18.2 Å². The SMILES string of the molecule is CC(C)CC[C@H]1[C@H]2C[C@H](CN(c3ccc(Cl)cn3)C2)c2cccc(=O)n21. The first kappa shape index (κ1) is 17.6. The lowest BCUT2D eigenvalue weighted by Crippen LogP contribution is -2.49. The first-order valence-electron chi connectivity index (χ1n) is 9.61. The highest BCUT2D eigenvalue weighted by Crippen LogP contribution is 2.43. The Morgan fingerprint density at radius 3 is 2.81 bits per heavy atom. The van der Waals surface area contributed by atoms with Crippen LogP contribution in [0.1, 0.15) is 50.8 Å². The van der Waals surface area contributed by atoms with Gasteiger partial charge in [0.1, 0.15) is 5.82 Å². The van der Waals surface area contributed by atoms with Gasteiger partial charge in [-0.2, -0.15) is 0 Å². The van der Waals surface area contributed by atoms with Crippen molar-refractivity contribution in [3.05, 3.63) is 57.6 Å². The first-order chi connectivity index (χ1) is 12.5. The Kier molecular flexibility index (Phi) is 4.78. The van der Waals surface area contributed by atoms with E-state index in [1.54, 1.807) is 12.3 Å². The zero-order chi connectivity index (χ0) is 18.3. The number of fused-ring (bicyclic) bond motifs is 4. The molecule has 0 radical (unpaired) electrons. The van der Waals surface area contributed by atoms with Crippen molar-refractivity contribution in [2.45, 2.75) is 45.1 Å². The van der Waals surface area contributed by atoms with Gasteiger partial charge in [-0.25, -0.2) is 4.98 Å². The molecule has 26 heavy (non-hydrogen) atoms. The number of hydrogen-bond acceptors (Lipinski definition) is 3. The molecule has 3 atom stereocenters. The second kappa shape index (κ2) is 7.07.